The first-order valence-electron chi connectivity index (χ1n) is 13.3. The molecule has 0 unspecified atom stereocenters. The highest BCUT2D eigenvalue weighted by Crippen LogP contribution is 2.42. The van der Waals surface area contributed by atoms with Gasteiger partial charge in [0.25, 0.3) is 0 Å². The zero-order valence-corrected chi connectivity index (χ0v) is 23.7. The predicted octanol–water partition coefficient (Wildman–Crippen LogP) is 5.73. The maximum absolute atomic E-state index is 11.9. The highest BCUT2D eigenvalue weighted by atomic mass is 32.1. The SMILES string of the molecule is COc1ccccc1-c1c(CC(N)=O)sc2cnc(Nc3ccc(C4CCN(C)CC4)cc3OC(C)C)nc12. The zero-order valence-electron chi connectivity index (χ0n) is 22.9. The second-order valence-electron chi connectivity index (χ2n) is 10.3. The number of carbonyl (C=O) groups is 1. The summed E-state index contributed by atoms with van der Waals surface area (Å²) < 4.78 is 12.7. The van der Waals surface area contributed by atoms with Crippen molar-refractivity contribution in [2.45, 2.75) is 45.1 Å². The Morgan fingerprint density at radius 1 is 1.18 bits per heavy atom. The van der Waals surface area contributed by atoms with Crippen molar-refractivity contribution in [1.82, 2.24) is 14.9 Å². The number of piperidine rings is 1. The first kappa shape index (κ1) is 26.9. The molecule has 3 N–H and O–H groups in total. The minimum atomic E-state index is -0.399. The number of hydrogen-bond donors (Lipinski definition) is 2. The van der Waals surface area contributed by atoms with Gasteiger partial charge in [0.2, 0.25) is 11.9 Å². The molecule has 5 rings (SSSR count). The molecule has 0 bridgehead atoms. The number of ether oxygens (including phenoxy) is 2. The number of nitrogens with two attached hydrogens (primary N) is 1. The smallest absolute Gasteiger partial charge is 0.227 e. The zero-order chi connectivity index (χ0) is 27.5. The van der Waals surface area contributed by atoms with Crippen molar-refractivity contribution >= 4 is 39.1 Å². The summed E-state index contributed by atoms with van der Waals surface area (Å²) in [6.45, 7) is 6.26. The first-order valence-corrected chi connectivity index (χ1v) is 14.1. The summed E-state index contributed by atoms with van der Waals surface area (Å²) in [5.41, 5.74) is 10.2. The third kappa shape index (κ3) is 5.99. The molecule has 2 aromatic heterocycles. The Morgan fingerprint density at radius 3 is 2.67 bits per heavy atom. The van der Waals surface area contributed by atoms with E-state index in [9.17, 15) is 4.79 Å². The second-order valence-corrected chi connectivity index (χ2v) is 11.4. The molecule has 1 aliphatic rings. The molecule has 0 saturated carbocycles. The molecule has 9 heteroatoms. The molecule has 0 aliphatic carbocycles. The number of nitrogens with one attached hydrogen (secondary N) is 1. The second kappa shape index (κ2) is 11.6. The largest absolute Gasteiger partial charge is 0.496 e. The average molecular weight is 546 g/mol. The van der Waals surface area contributed by atoms with Crippen LogP contribution in [0.25, 0.3) is 21.3 Å². The maximum Gasteiger partial charge on any atom is 0.227 e. The molecule has 1 amide bonds. The Morgan fingerprint density at radius 2 is 1.95 bits per heavy atom. The number of carbonyl (C=O) groups excluding carboxylic acids is 1. The van der Waals surface area contributed by atoms with E-state index >= 15 is 0 Å². The molecule has 0 atom stereocenters. The number of methoxy groups -OCH3 is 1. The van der Waals surface area contributed by atoms with E-state index in [1.165, 1.54) is 16.9 Å². The summed E-state index contributed by atoms with van der Waals surface area (Å²) in [5, 5.41) is 3.39. The Bertz CT molecular complexity index is 1480. The van der Waals surface area contributed by atoms with Gasteiger partial charge in [-0.15, -0.1) is 11.3 Å². The molecule has 0 spiro atoms. The third-order valence-corrected chi connectivity index (χ3v) is 8.13. The van der Waals surface area contributed by atoms with Gasteiger partial charge in [-0.2, -0.15) is 0 Å². The average Bonchev–Trinajstić information content (AvgIpc) is 3.26. The van der Waals surface area contributed by atoms with E-state index in [1.54, 1.807) is 13.3 Å². The van der Waals surface area contributed by atoms with E-state index in [2.05, 4.69) is 40.4 Å². The van der Waals surface area contributed by atoms with Crippen molar-refractivity contribution in [2.75, 3.05) is 32.6 Å². The number of thiophene rings is 1. The van der Waals surface area contributed by atoms with E-state index in [4.69, 9.17) is 20.2 Å². The predicted molar refractivity (Wildman–Crippen MR) is 157 cm³/mol. The number of aromatic nitrogens is 2. The Balaban J connectivity index is 1.53. The Kier molecular flexibility index (Phi) is 7.99. The van der Waals surface area contributed by atoms with E-state index in [0.717, 1.165) is 63.6 Å². The Labute approximate surface area is 233 Å². The van der Waals surface area contributed by atoms with Gasteiger partial charge in [0.05, 0.1) is 41.7 Å². The van der Waals surface area contributed by atoms with E-state index in [-0.39, 0.29) is 12.5 Å². The number of benzene rings is 2. The van der Waals surface area contributed by atoms with Crippen molar-refractivity contribution in [3.05, 3.63) is 59.1 Å². The van der Waals surface area contributed by atoms with Gasteiger partial charge in [0, 0.05) is 16.0 Å². The van der Waals surface area contributed by atoms with Crippen molar-refractivity contribution in [2.24, 2.45) is 5.73 Å². The van der Waals surface area contributed by atoms with Crippen LogP contribution in [0.3, 0.4) is 0 Å². The van der Waals surface area contributed by atoms with Crippen LogP contribution in [-0.4, -0.2) is 54.1 Å². The van der Waals surface area contributed by atoms with E-state index in [0.29, 0.717) is 17.6 Å². The van der Waals surface area contributed by atoms with E-state index < -0.39 is 5.91 Å². The summed E-state index contributed by atoms with van der Waals surface area (Å²) >= 11 is 1.47. The minimum absolute atomic E-state index is 0.0204. The topological polar surface area (TPSA) is 103 Å². The van der Waals surface area contributed by atoms with Crippen LogP contribution in [0.1, 0.15) is 43.0 Å². The van der Waals surface area contributed by atoms with Crippen LogP contribution < -0.4 is 20.5 Å². The van der Waals surface area contributed by atoms with Gasteiger partial charge in [-0.3, -0.25) is 4.79 Å². The fourth-order valence-corrected chi connectivity index (χ4v) is 6.26. The van der Waals surface area contributed by atoms with E-state index in [1.807, 2.05) is 38.1 Å². The van der Waals surface area contributed by atoms with Gasteiger partial charge in [-0.1, -0.05) is 24.3 Å². The monoisotopic (exact) mass is 545 g/mol. The number of rotatable bonds is 9. The summed E-state index contributed by atoms with van der Waals surface area (Å²) in [6.07, 6.45) is 4.20. The number of amides is 1. The molecule has 1 aliphatic heterocycles. The fourth-order valence-electron chi connectivity index (χ4n) is 5.12. The Hall–Kier alpha value is -3.69. The number of hydrogen-bond acceptors (Lipinski definition) is 8. The van der Waals surface area contributed by atoms with Crippen molar-refractivity contribution in [3.63, 3.8) is 0 Å². The highest BCUT2D eigenvalue weighted by Gasteiger charge is 2.22. The number of fused-ring (bicyclic) bond motifs is 1. The minimum Gasteiger partial charge on any atom is -0.496 e. The number of primary amides is 1. The molecule has 8 nitrogen and oxygen atoms in total. The lowest BCUT2D eigenvalue weighted by atomic mass is 9.89. The van der Waals surface area contributed by atoms with Gasteiger partial charge in [-0.25, -0.2) is 9.97 Å². The molecule has 204 valence electrons. The van der Waals surface area contributed by atoms with Gasteiger partial charge >= 0.3 is 0 Å². The lowest BCUT2D eigenvalue weighted by Gasteiger charge is -2.29. The van der Waals surface area contributed by atoms with Crippen LogP contribution in [0.2, 0.25) is 0 Å². The molecule has 4 aromatic rings. The lowest BCUT2D eigenvalue weighted by Crippen LogP contribution is -2.29. The standard InChI is InChI=1S/C30H35N5O3S/c1-18(2)38-24-15-20(19-11-13-35(3)14-12-19)9-10-22(24)33-30-32-17-26-29(34-30)28(25(39-26)16-27(31)36)21-7-5-6-8-23(21)37-4/h5-10,15,17-19H,11-14,16H2,1-4H3,(H2,31,36)(H,32,33,34). The fraction of sp³-hybridized carbons (Fsp3) is 0.367. The molecule has 3 heterocycles. The molecular weight excluding hydrogens is 510 g/mol. The summed E-state index contributed by atoms with van der Waals surface area (Å²) in [6, 6.07) is 14.1. The van der Waals surface area contributed by atoms with Crippen molar-refractivity contribution < 1.29 is 14.3 Å². The van der Waals surface area contributed by atoms with Gasteiger partial charge < -0.3 is 25.4 Å². The van der Waals surface area contributed by atoms with Crippen LogP contribution in [-0.2, 0) is 11.2 Å². The molecule has 1 saturated heterocycles. The molecular formula is C30H35N5O3S. The number of anilines is 2. The maximum atomic E-state index is 11.9. The molecule has 1 fully saturated rings. The van der Waals surface area contributed by atoms with Crippen LogP contribution >= 0.6 is 11.3 Å². The van der Waals surface area contributed by atoms with Crippen molar-refractivity contribution in [1.29, 1.82) is 0 Å². The molecule has 2 aromatic carbocycles. The van der Waals surface area contributed by atoms with Gasteiger partial charge in [0.15, 0.2) is 0 Å². The summed E-state index contributed by atoms with van der Waals surface area (Å²) in [7, 11) is 3.81. The van der Waals surface area contributed by atoms with Crippen LogP contribution in [0.15, 0.2) is 48.7 Å². The summed E-state index contributed by atoms with van der Waals surface area (Å²) in [5.74, 6) is 2.06. The number of nitrogens with zero attached hydrogens (tertiary/aromatic N) is 3. The quantitative estimate of drug-likeness (QED) is 0.277. The van der Waals surface area contributed by atoms with Crippen molar-refractivity contribution in [3.8, 4) is 22.6 Å². The normalized spacial score (nSPS) is 14.6. The van der Waals surface area contributed by atoms with Crippen LogP contribution in [0.5, 0.6) is 11.5 Å². The van der Waals surface area contributed by atoms with Crippen LogP contribution in [0.4, 0.5) is 11.6 Å². The van der Waals surface area contributed by atoms with Gasteiger partial charge in [-0.05, 0) is 76.5 Å². The van der Waals surface area contributed by atoms with Gasteiger partial charge in [0.1, 0.15) is 11.5 Å². The number of para-hydroxylation sites is 1. The number of likely N-dealkylation sites (tertiary alicyclic amines) is 1. The lowest BCUT2D eigenvalue weighted by molar-refractivity contribution is -0.117. The van der Waals surface area contributed by atoms with Crippen LogP contribution in [0, 0.1) is 0 Å². The molecule has 39 heavy (non-hydrogen) atoms. The molecule has 0 radical (unpaired) electrons. The summed E-state index contributed by atoms with van der Waals surface area (Å²) in [4.78, 5) is 24.6. The third-order valence-electron chi connectivity index (χ3n) is 7.02. The highest BCUT2D eigenvalue weighted by molar-refractivity contribution is 7.19. The first-order chi connectivity index (χ1) is 18.8.